The molecule has 0 nitrogen and oxygen atoms in total. The first-order valence-corrected chi connectivity index (χ1v) is 21.0. The third-order valence-electron chi connectivity index (χ3n) is 10.9. The average molecular weight is 1050 g/mol. The van der Waals surface area contributed by atoms with E-state index in [2.05, 4.69) is 244 Å². The molecule has 360 valence electrons. The summed E-state index contributed by atoms with van der Waals surface area (Å²) in [5.74, 6) is 0. The van der Waals surface area contributed by atoms with Crippen molar-refractivity contribution in [2.24, 2.45) is 0 Å². The quantitative estimate of drug-likeness (QED) is 0.133. The topological polar surface area (TPSA) is 0 Å². The Bertz CT molecular complexity index is 1870. The van der Waals surface area contributed by atoms with Gasteiger partial charge >= 0.3 is 21.1 Å². The van der Waals surface area contributed by atoms with Crippen molar-refractivity contribution >= 4 is 10.8 Å². The van der Waals surface area contributed by atoms with E-state index in [0.29, 0.717) is 0 Å². The zero-order chi connectivity index (χ0) is 43.9. The minimum atomic E-state index is 0. The van der Waals surface area contributed by atoms with Crippen molar-refractivity contribution in [2.45, 2.75) is 154 Å². The van der Waals surface area contributed by atoms with E-state index in [1.54, 1.807) is 0 Å². The zero-order valence-electron chi connectivity index (χ0n) is 42.1. The van der Waals surface area contributed by atoms with Crippen LogP contribution in [0.5, 0.6) is 0 Å². The van der Waals surface area contributed by atoms with Crippen molar-refractivity contribution < 1.29 is 21.1 Å². The van der Waals surface area contributed by atoms with E-state index >= 15 is 0 Å². The third kappa shape index (κ3) is 28.2. The standard InChI is InChI=1S/C14H16.C10H14.4C8H10.C2H6.4CH4.2CH3.W/c1-9-5-13-7-11(3)12(4)8-14(13)6-10(9)2;1-7-5-9(3)10(4)6-8(7)2;4*1-7-5-3-4-6-8(7)2;1-2;;;;;;;/h5-8H,1-4H3;5-6H,1-4H3;4*3-6H,1-2H3;1-2H3;4*1H4;2*1H3;/q;;;;;;;;;;;2*-1;+2. The number of benzene rings is 7. The Hall–Kier alpha value is -4.51. The molecule has 7 aromatic carbocycles. The summed E-state index contributed by atoms with van der Waals surface area (Å²) in [4.78, 5) is 0. The van der Waals surface area contributed by atoms with Crippen LogP contribution in [0.3, 0.4) is 0 Å². The summed E-state index contributed by atoms with van der Waals surface area (Å²) in [6.07, 6.45) is 0. The first-order valence-electron chi connectivity index (χ1n) is 21.0. The molecule has 7 rings (SSSR count). The Morgan fingerprint density at radius 1 is 0.200 bits per heavy atom. The van der Waals surface area contributed by atoms with Gasteiger partial charge in [0.1, 0.15) is 0 Å². The van der Waals surface area contributed by atoms with Gasteiger partial charge in [-0.05, 0) is 211 Å². The maximum atomic E-state index is 2.27. The minimum absolute atomic E-state index is 0. The molecule has 0 saturated carbocycles. The van der Waals surface area contributed by atoms with Crippen LogP contribution in [-0.4, -0.2) is 0 Å². The molecule has 1 heteroatoms. The number of fused-ring (bicyclic) bond motifs is 1. The van der Waals surface area contributed by atoms with Crippen LogP contribution in [0, 0.1) is 126 Å². The first-order chi connectivity index (χ1) is 27.4. The molecule has 0 spiro atoms. The number of hydrogen-bond donors (Lipinski definition) is 0. The van der Waals surface area contributed by atoms with E-state index in [-0.39, 0.29) is 65.6 Å². The van der Waals surface area contributed by atoms with Crippen LogP contribution < -0.4 is 0 Å². The predicted octanol–water partition coefficient (Wildman–Crippen LogP) is 20.7. The predicted molar refractivity (Wildman–Crippen MR) is 303 cm³/mol. The molecule has 0 unspecified atom stereocenters. The van der Waals surface area contributed by atoms with Gasteiger partial charge in [0.25, 0.3) is 0 Å². The molecule has 0 radical (unpaired) electrons. The molecule has 7 aromatic rings. The molecule has 0 heterocycles. The van der Waals surface area contributed by atoms with Gasteiger partial charge < -0.3 is 14.9 Å². The van der Waals surface area contributed by atoms with Gasteiger partial charge in [0.2, 0.25) is 0 Å². The SMILES string of the molecule is C.C.C.C.CC.Cc1cc(C)c(C)cc1C.Cc1cc2cc(C)c(C)cc2cc1C.Cc1ccccc1C.Cc1ccccc1C.Cc1ccccc1C.Cc1ccccc1C.[CH3-].[CH3-].[W+2]. The van der Waals surface area contributed by atoms with Crippen LogP contribution in [0.15, 0.2) is 133 Å². The molecule has 0 aliphatic rings. The molecule has 65 heavy (non-hydrogen) atoms. The molecular weight excluding hydrogens is 953 g/mol. The number of hydrogen-bond acceptors (Lipinski definition) is 0. The molecule has 0 amide bonds. The van der Waals surface area contributed by atoms with Crippen molar-refractivity contribution in [3.8, 4) is 0 Å². The van der Waals surface area contributed by atoms with Crippen LogP contribution in [-0.2, 0) is 21.1 Å². The molecule has 0 atom stereocenters. The van der Waals surface area contributed by atoms with Crippen molar-refractivity contribution in [3.63, 3.8) is 0 Å². The van der Waals surface area contributed by atoms with Gasteiger partial charge in [0.15, 0.2) is 0 Å². The fourth-order valence-electron chi connectivity index (χ4n) is 5.56. The van der Waals surface area contributed by atoms with Crippen LogP contribution in [0.4, 0.5) is 0 Å². The van der Waals surface area contributed by atoms with Crippen molar-refractivity contribution in [1.82, 2.24) is 0 Å². The van der Waals surface area contributed by atoms with E-state index < -0.39 is 0 Å². The van der Waals surface area contributed by atoms with Crippen LogP contribution in [0.1, 0.15) is 133 Å². The van der Waals surface area contributed by atoms with Gasteiger partial charge in [-0.1, -0.05) is 177 Å². The smallest absolute Gasteiger partial charge is 0.358 e. The van der Waals surface area contributed by atoms with E-state index in [4.69, 9.17) is 0 Å². The summed E-state index contributed by atoms with van der Waals surface area (Å²) in [6, 6.07) is 47.0. The summed E-state index contributed by atoms with van der Waals surface area (Å²) in [6.45, 7) is 38.3. The van der Waals surface area contributed by atoms with E-state index in [1.165, 1.54) is 99.8 Å². The second-order valence-corrected chi connectivity index (χ2v) is 15.6. The Balaban J connectivity index is -0.000000122. The molecule has 0 aromatic heterocycles. The molecule has 0 N–H and O–H groups in total. The maximum Gasteiger partial charge on any atom is 2.00 e. The van der Waals surface area contributed by atoms with Gasteiger partial charge in [-0.3, -0.25) is 0 Å². The molecule has 0 saturated heterocycles. The Morgan fingerprint density at radius 2 is 0.308 bits per heavy atom. The van der Waals surface area contributed by atoms with Gasteiger partial charge in [-0.2, -0.15) is 0 Å². The summed E-state index contributed by atoms with van der Waals surface area (Å²) in [5, 5.41) is 2.72. The fourth-order valence-corrected chi connectivity index (χ4v) is 5.56. The second kappa shape index (κ2) is 39.8. The first kappa shape index (κ1) is 74.8. The van der Waals surface area contributed by atoms with Crippen LogP contribution >= 0.6 is 0 Å². The average Bonchev–Trinajstić information content (AvgIpc) is 3.19. The molecule has 0 aliphatic carbocycles. The van der Waals surface area contributed by atoms with Crippen LogP contribution in [0.25, 0.3) is 10.8 Å². The largest absolute Gasteiger partial charge is 2.00 e. The molecule has 0 bridgehead atoms. The summed E-state index contributed by atoms with van der Waals surface area (Å²) in [7, 11) is 0. The molecule has 0 fully saturated rings. The number of rotatable bonds is 0. The molecular formula is C64H98W. The van der Waals surface area contributed by atoms with Crippen molar-refractivity contribution in [2.75, 3.05) is 0 Å². The normalized spacial score (nSPS) is 8.52. The third-order valence-corrected chi connectivity index (χ3v) is 10.9. The summed E-state index contributed by atoms with van der Waals surface area (Å²) < 4.78 is 0. The van der Waals surface area contributed by atoms with Crippen molar-refractivity contribution in [3.05, 3.63) is 237 Å². The van der Waals surface area contributed by atoms with Crippen LogP contribution in [0.2, 0.25) is 0 Å². The monoisotopic (exact) mass is 1050 g/mol. The van der Waals surface area contributed by atoms with Gasteiger partial charge in [-0.15, -0.1) is 0 Å². The second-order valence-electron chi connectivity index (χ2n) is 15.6. The Kier molecular flexibility index (Phi) is 45.8. The number of aryl methyl sites for hydroxylation is 16. The van der Waals surface area contributed by atoms with Gasteiger partial charge in [0, 0.05) is 0 Å². The molecule has 0 aliphatic heterocycles. The van der Waals surface area contributed by atoms with Crippen molar-refractivity contribution in [1.29, 1.82) is 0 Å². The van der Waals surface area contributed by atoms with E-state index in [1.807, 2.05) is 13.8 Å². The van der Waals surface area contributed by atoms with Gasteiger partial charge in [0.05, 0.1) is 0 Å². The zero-order valence-corrected chi connectivity index (χ0v) is 45.0. The minimum Gasteiger partial charge on any atom is -0.358 e. The Morgan fingerprint density at radius 3 is 0.415 bits per heavy atom. The summed E-state index contributed by atoms with van der Waals surface area (Å²) in [5.41, 5.74) is 22.0. The van der Waals surface area contributed by atoms with E-state index in [0.717, 1.165) is 0 Å². The van der Waals surface area contributed by atoms with E-state index in [9.17, 15) is 0 Å². The maximum absolute atomic E-state index is 2.27. The van der Waals surface area contributed by atoms with Gasteiger partial charge in [-0.25, -0.2) is 0 Å². The Labute approximate surface area is 421 Å². The summed E-state index contributed by atoms with van der Waals surface area (Å²) >= 11 is 0. The fraction of sp³-hybridized carbons (Fsp3) is 0.344.